The molecule has 0 bridgehead atoms. The van der Waals surface area contributed by atoms with Gasteiger partial charge in [-0.1, -0.05) is 26.0 Å². The van der Waals surface area contributed by atoms with Gasteiger partial charge in [-0.3, -0.25) is 0 Å². The van der Waals surface area contributed by atoms with E-state index >= 15 is 0 Å². The van der Waals surface area contributed by atoms with Crippen LogP contribution in [-0.2, 0) is 10.2 Å². The summed E-state index contributed by atoms with van der Waals surface area (Å²) in [7, 11) is 1.40. The number of ether oxygens (including phenoxy) is 1. The molecule has 0 radical (unpaired) electrons. The van der Waals surface area contributed by atoms with Gasteiger partial charge in [-0.15, -0.1) is 0 Å². The third-order valence-electron chi connectivity index (χ3n) is 5.07. The Balaban J connectivity index is 2.50. The van der Waals surface area contributed by atoms with E-state index in [-0.39, 0.29) is 34.3 Å². The lowest BCUT2D eigenvalue weighted by atomic mass is 9.84. The van der Waals surface area contributed by atoms with Crippen LogP contribution in [0.5, 0.6) is 5.75 Å². The highest BCUT2D eigenvalue weighted by Crippen LogP contribution is 2.47. The Labute approximate surface area is 175 Å². The molecule has 0 fully saturated rings. The third kappa shape index (κ3) is 3.97. The van der Waals surface area contributed by atoms with Crippen LogP contribution in [0.25, 0.3) is 22.0 Å². The molecule has 31 heavy (non-hydrogen) atoms. The fraction of sp³-hybridized carbons (Fsp3) is 0.318. The van der Waals surface area contributed by atoms with Gasteiger partial charge in [0, 0.05) is 35.2 Å². The van der Waals surface area contributed by atoms with E-state index in [0.717, 1.165) is 12.1 Å². The Hall–Kier alpha value is -3.07. The van der Waals surface area contributed by atoms with Crippen molar-refractivity contribution in [2.45, 2.75) is 32.0 Å². The molecule has 0 aliphatic heterocycles. The molecule has 0 saturated carbocycles. The summed E-state index contributed by atoms with van der Waals surface area (Å²) in [5, 5.41) is 19.6. The highest BCUT2D eigenvalue weighted by atomic mass is 19.3. The Morgan fingerprint density at radius 1 is 1.16 bits per heavy atom. The van der Waals surface area contributed by atoms with Gasteiger partial charge >= 0.3 is 5.97 Å². The smallest absolute Gasteiger partial charge is 0.335 e. The minimum Gasteiger partial charge on any atom is -0.507 e. The highest BCUT2D eigenvalue weighted by molar-refractivity contribution is 6.03. The zero-order valence-electron chi connectivity index (χ0n) is 17.0. The second-order valence-electron chi connectivity index (χ2n) is 7.82. The van der Waals surface area contributed by atoms with Crippen molar-refractivity contribution < 1.29 is 37.3 Å². The Bertz CT molecular complexity index is 1120. The Morgan fingerprint density at radius 2 is 1.77 bits per heavy atom. The topological polar surface area (TPSA) is 71.7 Å². The van der Waals surface area contributed by atoms with Gasteiger partial charge in [0.05, 0.1) is 17.7 Å². The molecule has 2 N–H and O–H groups in total. The molecule has 0 aliphatic carbocycles. The monoisotopic (exact) mass is 439 g/mol. The Kier molecular flexibility index (Phi) is 6.00. The maximum absolute atomic E-state index is 14.9. The molecule has 0 amide bonds. The average Bonchev–Trinajstić information content (AvgIpc) is 3.03. The van der Waals surface area contributed by atoms with Gasteiger partial charge in [0.2, 0.25) is 6.30 Å². The number of benzene rings is 2. The number of aromatic carboxylic acids is 1. The molecule has 1 unspecified atom stereocenters. The molecule has 0 saturated heterocycles. The SMILES string of the molecule is COCC(C)(C)c1c(-c2ccc(C(=O)O)cc2)c2c(O)cc(F)cc2n1C(F)C(F)F. The largest absolute Gasteiger partial charge is 0.507 e. The number of carboxylic acids is 1. The number of nitrogens with zero attached hydrogens (tertiary/aromatic N) is 1. The van der Waals surface area contributed by atoms with Crippen molar-refractivity contribution in [3.05, 3.63) is 53.5 Å². The normalized spacial score (nSPS) is 13.2. The molecule has 166 valence electrons. The number of aromatic hydroxyl groups is 1. The summed E-state index contributed by atoms with van der Waals surface area (Å²) in [4.78, 5) is 11.2. The number of halogens is 4. The van der Waals surface area contributed by atoms with Crippen LogP contribution < -0.4 is 0 Å². The zero-order valence-corrected chi connectivity index (χ0v) is 17.0. The van der Waals surface area contributed by atoms with Crippen molar-refractivity contribution in [2.75, 3.05) is 13.7 Å². The first-order valence-corrected chi connectivity index (χ1v) is 9.31. The number of phenols is 1. The lowest BCUT2D eigenvalue weighted by Crippen LogP contribution is -2.30. The number of aromatic nitrogens is 1. The van der Waals surface area contributed by atoms with Crippen LogP contribution in [0.4, 0.5) is 17.6 Å². The zero-order chi connectivity index (χ0) is 23.1. The second-order valence-corrected chi connectivity index (χ2v) is 7.82. The maximum atomic E-state index is 14.9. The number of carboxylic acid groups (broad SMARTS) is 1. The lowest BCUT2D eigenvalue weighted by Gasteiger charge is -2.29. The minimum atomic E-state index is -3.42. The third-order valence-corrected chi connectivity index (χ3v) is 5.07. The lowest BCUT2D eigenvalue weighted by molar-refractivity contribution is 0.00646. The van der Waals surface area contributed by atoms with Crippen molar-refractivity contribution in [1.29, 1.82) is 0 Å². The van der Waals surface area contributed by atoms with Gasteiger partial charge in [0.1, 0.15) is 11.6 Å². The summed E-state index contributed by atoms with van der Waals surface area (Å²) in [6.45, 7) is 3.28. The van der Waals surface area contributed by atoms with E-state index in [1.165, 1.54) is 31.4 Å². The van der Waals surface area contributed by atoms with Crippen molar-refractivity contribution in [2.24, 2.45) is 0 Å². The molecular formula is C22H21F4NO4. The summed E-state index contributed by atoms with van der Waals surface area (Å²) in [6, 6.07) is 7.14. The van der Waals surface area contributed by atoms with Crippen LogP contribution in [-0.4, -0.2) is 40.9 Å². The summed E-state index contributed by atoms with van der Waals surface area (Å²) in [6.07, 6.45) is -6.23. The summed E-state index contributed by atoms with van der Waals surface area (Å²) < 4.78 is 61.9. The summed E-state index contributed by atoms with van der Waals surface area (Å²) in [5.74, 6) is -2.64. The fourth-order valence-electron chi connectivity index (χ4n) is 3.91. The molecule has 9 heteroatoms. The van der Waals surface area contributed by atoms with E-state index in [9.17, 15) is 27.5 Å². The van der Waals surface area contributed by atoms with Crippen molar-refractivity contribution in [3.8, 4) is 16.9 Å². The minimum absolute atomic E-state index is 0.00271. The molecule has 3 aromatic rings. The average molecular weight is 439 g/mol. The molecule has 1 atom stereocenters. The van der Waals surface area contributed by atoms with Crippen molar-refractivity contribution in [1.82, 2.24) is 4.57 Å². The number of hydrogen-bond acceptors (Lipinski definition) is 3. The fourth-order valence-corrected chi connectivity index (χ4v) is 3.91. The van der Waals surface area contributed by atoms with E-state index in [0.29, 0.717) is 10.1 Å². The van der Waals surface area contributed by atoms with Crippen LogP contribution in [0, 0.1) is 5.82 Å². The summed E-state index contributed by atoms with van der Waals surface area (Å²) in [5.41, 5.74) is -0.720. The maximum Gasteiger partial charge on any atom is 0.335 e. The molecule has 0 aliphatic rings. The number of alkyl halides is 3. The quantitative estimate of drug-likeness (QED) is 0.477. The number of phenolic OH excluding ortho intramolecular Hbond substituents is 1. The van der Waals surface area contributed by atoms with Crippen LogP contribution >= 0.6 is 0 Å². The van der Waals surface area contributed by atoms with E-state index in [1.807, 2.05) is 0 Å². The van der Waals surface area contributed by atoms with Gasteiger partial charge in [-0.25, -0.2) is 22.4 Å². The van der Waals surface area contributed by atoms with Gasteiger partial charge in [-0.05, 0) is 23.8 Å². The number of carbonyl (C=O) groups is 1. The number of methoxy groups -OCH3 is 1. The van der Waals surface area contributed by atoms with E-state index in [2.05, 4.69) is 0 Å². The van der Waals surface area contributed by atoms with Gasteiger partial charge in [0.25, 0.3) is 6.43 Å². The molecule has 0 spiro atoms. The number of hydrogen-bond donors (Lipinski definition) is 2. The molecule has 1 heterocycles. The van der Waals surface area contributed by atoms with Gasteiger partial charge in [0.15, 0.2) is 0 Å². The second kappa shape index (κ2) is 8.22. The molecular weight excluding hydrogens is 418 g/mol. The molecule has 2 aromatic carbocycles. The number of fused-ring (bicyclic) bond motifs is 1. The van der Waals surface area contributed by atoms with E-state index in [4.69, 9.17) is 9.84 Å². The molecule has 5 nitrogen and oxygen atoms in total. The highest BCUT2D eigenvalue weighted by Gasteiger charge is 2.37. The van der Waals surface area contributed by atoms with Crippen molar-refractivity contribution >= 4 is 16.9 Å². The first-order valence-electron chi connectivity index (χ1n) is 9.31. The first kappa shape index (κ1) is 22.6. The predicted molar refractivity (Wildman–Crippen MR) is 107 cm³/mol. The van der Waals surface area contributed by atoms with Crippen LogP contribution in [0.2, 0.25) is 0 Å². The van der Waals surface area contributed by atoms with Crippen LogP contribution in [0.3, 0.4) is 0 Å². The van der Waals surface area contributed by atoms with E-state index < -0.39 is 35.7 Å². The predicted octanol–water partition coefficient (Wildman–Crippen LogP) is 5.51. The van der Waals surface area contributed by atoms with Gasteiger partial charge in [-0.2, -0.15) is 0 Å². The van der Waals surface area contributed by atoms with Crippen molar-refractivity contribution in [3.63, 3.8) is 0 Å². The first-order chi connectivity index (χ1) is 14.5. The Morgan fingerprint density at radius 3 is 2.29 bits per heavy atom. The van der Waals surface area contributed by atoms with Crippen LogP contribution in [0.1, 0.15) is 36.2 Å². The number of rotatable bonds is 7. The van der Waals surface area contributed by atoms with Gasteiger partial charge < -0.3 is 19.5 Å². The van der Waals surface area contributed by atoms with Crippen LogP contribution in [0.15, 0.2) is 36.4 Å². The standard InChI is InChI=1S/C22H21F4NO4/c1-22(2,10-31-3)18-16(11-4-6-12(7-5-11)21(29)30)17-14(8-13(23)9-15(17)28)27(18)20(26)19(24)25/h4-9,19-20,28H,10H2,1-3H3,(H,29,30). The van der Waals surface area contributed by atoms with E-state index in [1.54, 1.807) is 13.8 Å². The molecule has 3 rings (SSSR count). The molecule has 1 aromatic heterocycles. The summed E-state index contributed by atoms with van der Waals surface area (Å²) >= 11 is 0.